The molecular weight excluding hydrogens is 260 g/mol. The molecule has 19 heavy (non-hydrogen) atoms. The van der Waals surface area contributed by atoms with E-state index in [1.807, 2.05) is 31.2 Å². The fraction of sp³-hybridized carbons (Fsp3) is 0.533. The van der Waals surface area contributed by atoms with E-state index >= 15 is 0 Å². The second-order valence-electron chi connectivity index (χ2n) is 4.69. The van der Waals surface area contributed by atoms with Gasteiger partial charge in [-0.15, -0.1) is 0 Å². The van der Waals surface area contributed by atoms with Crippen molar-refractivity contribution < 1.29 is 4.79 Å². The summed E-state index contributed by atoms with van der Waals surface area (Å²) in [6.45, 7) is 5.22. The number of benzene rings is 1. The molecule has 106 valence electrons. The minimum Gasteiger partial charge on any atom is -0.337 e. The summed E-state index contributed by atoms with van der Waals surface area (Å²) in [5.74, 6) is 0.0101. The van der Waals surface area contributed by atoms with E-state index in [4.69, 9.17) is 17.3 Å². The summed E-state index contributed by atoms with van der Waals surface area (Å²) >= 11 is 6.12. The summed E-state index contributed by atoms with van der Waals surface area (Å²) < 4.78 is 0. The Morgan fingerprint density at radius 1 is 1.37 bits per heavy atom. The van der Waals surface area contributed by atoms with Gasteiger partial charge in [-0.05, 0) is 25.0 Å². The quantitative estimate of drug-likeness (QED) is 0.835. The molecule has 0 spiro atoms. The maximum atomic E-state index is 12.3. The molecule has 0 bridgehead atoms. The van der Waals surface area contributed by atoms with Gasteiger partial charge in [0, 0.05) is 18.1 Å². The highest BCUT2D eigenvalue weighted by Gasteiger charge is 2.20. The zero-order valence-corrected chi connectivity index (χ0v) is 12.5. The van der Waals surface area contributed by atoms with Gasteiger partial charge in [0.15, 0.2) is 0 Å². The number of likely N-dealkylation sites (N-methyl/N-ethyl adjacent to an activating group) is 1. The number of hydrogen-bond donors (Lipinski definition) is 1. The van der Waals surface area contributed by atoms with Crippen molar-refractivity contribution in [2.24, 2.45) is 5.73 Å². The average Bonchev–Trinajstić information content (AvgIpc) is 2.43. The Labute approximate surface area is 120 Å². The van der Waals surface area contributed by atoms with Gasteiger partial charge < -0.3 is 10.6 Å². The van der Waals surface area contributed by atoms with Crippen molar-refractivity contribution in [3.05, 3.63) is 34.9 Å². The van der Waals surface area contributed by atoms with Crippen LogP contribution >= 0.6 is 11.6 Å². The van der Waals surface area contributed by atoms with Crippen LogP contribution in [0, 0.1) is 0 Å². The molecule has 0 fully saturated rings. The van der Waals surface area contributed by atoms with E-state index in [0.29, 0.717) is 18.1 Å². The van der Waals surface area contributed by atoms with Crippen molar-refractivity contribution in [1.82, 2.24) is 4.90 Å². The van der Waals surface area contributed by atoms with Crippen molar-refractivity contribution >= 4 is 17.5 Å². The molecule has 0 saturated heterocycles. The number of nitrogens with two attached hydrogens (primary N) is 1. The largest absolute Gasteiger partial charge is 0.337 e. The third-order valence-electron chi connectivity index (χ3n) is 3.20. The smallest absolute Gasteiger partial charge is 0.239 e. The van der Waals surface area contributed by atoms with Gasteiger partial charge in [0.1, 0.15) is 0 Å². The first-order valence-electron chi connectivity index (χ1n) is 6.87. The summed E-state index contributed by atoms with van der Waals surface area (Å²) in [5, 5.41) is 0.691. The highest BCUT2D eigenvalue weighted by molar-refractivity contribution is 6.31. The van der Waals surface area contributed by atoms with Crippen molar-refractivity contribution in [3.63, 3.8) is 0 Å². The van der Waals surface area contributed by atoms with Gasteiger partial charge in [-0.1, -0.05) is 49.6 Å². The van der Waals surface area contributed by atoms with Crippen molar-refractivity contribution in [1.29, 1.82) is 0 Å². The number of hydrogen-bond acceptors (Lipinski definition) is 2. The van der Waals surface area contributed by atoms with Crippen molar-refractivity contribution in [2.45, 2.75) is 45.7 Å². The highest BCUT2D eigenvalue weighted by Crippen LogP contribution is 2.17. The first kappa shape index (κ1) is 16.0. The maximum Gasteiger partial charge on any atom is 0.239 e. The van der Waals surface area contributed by atoms with Gasteiger partial charge in [-0.3, -0.25) is 4.79 Å². The van der Waals surface area contributed by atoms with Gasteiger partial charge in [-0.25, -0.2) is 0 Å². The van der Waals surface area contributed by atoms with Crippen LogP contribution in [0.1, 0.15) is 38.7 Å². The number of nitrogens with zero attached hydrogens (tertiary/aromatic N) is 1. The number of carbonyl (C=O) groups is 1. The lowest BCUT2D eigenvalue weighted by atomic mass is 10.1. The minimum absolute atomic E-state index is 0.0101. The van der Waals surface area contributed by atoms with Gasteiger partial charge in [-0.2, -0.15) is 0 Å². The van der Waals surface area contributed by atoms with Crippen LogP contribution < -0.4 is 5.73 Å². The highest BCUT2D eigenvalue weighted by atomic mass is 35.5. The Morgan fingerprint density at radius 3 is 2.63 bits per heavy atom. The first-order valence-corrected chi connectivity index (χ1v) is 7.25. The van der Waals surface area contributed by atoms with E-state index in [9.17, 15) is 4.79 Å². The molecule has 2 N–H and O–H groups in total. The Hall–Kier alpha value is -1.06. The van der Waals surface area contributed by atoms with Crippen LogP contribution in [0.2, 0.25) is 5.02 Å². The summed E-state index contributed by atoms with van der Waals surface area (Å²) in [6, 6.07) is 7.19. The summed E-state index contributed by atoms with van der Waals surface area (Å²) in [4.78, 5) is 14.0. The average molecular weight is 283 g/mol. The predicted molar refractivity (Wildman–Crippen MR) is 80.0 cm³/mol. The molecular formula is C15H23ClN2O. The van der Waals surface area contributed by atoms with Gasteiger partial charge >= 0.3 is 0 Å². The molecule has 0 heterocycles. The van der Waals surface area contributed by atoms with E-state index < -0.39 is 6.04 Å². The molecule has 1 amide bonds. The lowest BCUT2D eigenvalue weighted by molar-refractivity contribution is -0.133. The summed E-state index contributed by atoms with van der Waals surface area (Å²) in [5.41, 5.74) is 6.91. The van der Waals surface area contributed by atoms with E-state index in [2.05, 4.69) is 6.92 Å². The van der Waals surface area contributed by atoms with E-state index in [0.717, 1.165) is 24.8 Å². The van der Waals surface area contributed by atoms with Crippen molar-refractivity contribution in [2.75, 3.05) is 6.54 Å². The second kappa shape index (κ2) is 8.18. The standard InChI is InChI=1S/C15H23ClN2O/c1-3-5-10-14(17)15(19)18(4-2)11-12-8-6-7-9-13(12)16/h6-9,14H,3-5,10-11,17H2,1-2H3. The molecule has 1 rings (SSSR count). The van der Waals surface area contributed by atoms with Crippen LogP contribution in [-0.4, -0.2) is 23.4 Å². The van der Waals surface area contributed by atoms with Crippen LogP contribution in [0.15, 0.2) is 24.3 Å². The van der Waals surface area contributed by atoms with E-state index in [1.165, 1.54) is 0 Å². The summed E-state index contributed by atoms with van der Waals surface area (Å²) in [6.07, 6.45) is 2.78. The number of halogens is 1. The molecule has 4 heteroatoms. The van der Waals surface area contributed by atoms with Crippen LogP contribution in [-0.2, 0) is 11.3 Å². The Balaban J connectivity index is 2.67. The monoisotopic (exact) mass is 282 g/mol. The molecule has 0 aliphatic rings. The molecule has 1 unspecified atom stereocenters. The normalized spacial score (nSPS) is 12.2. The van der Waals surface area contributed by atoms with Crippen molar-refractivity contribution in [3.8, 4) is 0 Å². The number of rotatable bonds is 7. The zero-order chi connectivity index (χ0) is 14.3. The molecule has 0 aliphatic carbocycles. The number of carbonyl (C=O) groups excluding carboxylic acids is 1. The lowest BCUT2D eigenvalue weighted by Crippen LogP contribution is -2.43. The molecule has 0 radical (unpaired) electrons. The predicted octanol–water partition coefficient (Wildman–Crippen LogP) is 3.21. The third kappa shape index (κ3) is 4.84. The summed E-state index contributed by atoms with van der Waals surface area (Å²) in [7, 11) is 0. The van der Waals surface area contributed by atoms with Crippen LogP contribution in [0.4, 0.5) is 0 Å². The lowest BCUT2D eigenvalue weighted by Gasteiger charge is -2.24. The Kier molecular flexibility index (Phi) is 6.89. The molecule has 0 aliphatic heterocycles. The SMILES string of the molecule is CCCCC(N)C(=O)N(CC)Cc1ccccc1Cl. The Morgan fingerprint density at radius 2 is 2.05 bits per heavy atom. The van der Waals surface area contributed by atoms with Gasteiger partial charge in [0.05, 0.1) is 6.04 Å². The fourth-order valence-corrected chi connectivity index (χ4v) is 2.16. The molecule has 3 nitrogen and oxygen atoms in total. The third-order valence-corrected chi connectivity index (χ3v) is 3.57. The molecule has 0 aromatic heterocycles. The molecule has 1 aromatic rings. The Bertz CT molecular complexity index is 409. The zero-order valence-electron chi connectivity index (χ0n) is 11.7. The minimum atomic E-state index is -0.401. The molecule has 0 saturated carbocycles. The van der Waals surface area contributed by atoms with Gasteiger partial charge in [0.2, 0.25) is 5.91 Å². The first-order chi connectivity index (χ1) is 9.10. The fourth-order valence-electron chi connectivity index (χ4n) is 1.96. The number of unbranched alkanes of at least 4 members (excludes halogenated alkanes) is 1. The van der Waals surface area contributed by atoms with E-state index in [-0.39, 0.29) is 5.91 Å². The maximum absolute atomic E-state index is 12.3. The second-order valence-corrected chi connectivity index (χ2v) is 5.10. The van der Waals surface area contributed by atoms with E-state index in [1.54, 1.807) is 4.90 Å². The molecule has 1 atom stereocenters. The van der Waals surface area contributed by atoms with Crippen LogP contribution in [0.3, 0.4) is 0 Å². The molecule has 1 aromatic carbocycles. The topological polar surface area (TPSA) is 46.3 Å². The van der Waals surface area contributed by atoms with Gasteiger partial charge in [0.25, 0.3) is 0 Å². The number of amides is 1. The van der Waals surface area contributed by atoms with Crippen LogP contribution in [0.5, 0.6) is 0 Å². The van der Waals surface area contributed by atoms with Crippen LogP contribution in [0.25, 0.3) is 0 Å².